The Morgan fingerprint density at radius 3 is 2.30 bits per heavy atom. The van der Waals surface area contributed by atoms with Crippen LogP contribution in [0.3, 0.4) is 0 Å². The van der Waals surface area contributed by atoms with Gasteiger partial charge in [0.1, 0.15) is 5.58 Å². The number of nitrogens with two attached hydrogens (primary N) is 1. The predicted molar refractivity (Wildman–Crippen MR) is 97.4 cm³/mol. The van der Waals surface area contributed by atoms with Crippen molar-refractivity contribution in [1.82, 2.24) is 5.32 Å². The number of aryl methyl sites for hydroxylation is 3. The predicted octanol–water partition coefficient (Wildman–Crippen LogP) is 3.88. The Morgan fingerprint density at radius 2 is 1.83 bits per heavy atom. The summed E-state index contributed by atoms with van der Waals surface area (Å²) in [6, 6.07) is 4.07. The number of furan rings is 1. The van der Waals surface area contributed by atoms with Crippen molar-refractivity contribution in [2.75, 3.05) is 6.54 Å². The molecule has 4 nitrogen and oxygen atoms in total. The smallest absolute Gasteiger partial charge is 0.287 e. The lowest BCUT2D eigenvalue weighted by Gasteiger charge is -2.33. The Kier molecular flexibility index (Phi) is 5.89. The van der Waals surface area contributed by atoms with Crippen molar-refractivity contribution in [2.45, 2.75) is 47.1 Å². The van der Waals surface area contributed by atoms with E-state index in [-0.39, 0.29) is 24.2 Å². The zero-order chi connectivity index (χ0) is 16.7. The number of fused-ring (bicyclic) bond motifs is 1. The maximum absolute atomic E-state index is 12.7. The largest absolute Gasteiger partial charge is 0.450 e. The van der Waals surface area contributed by atoms with Gasteiger partial charge in [-0.1, -0.05) is 26.0 Å². The van der Waals surface area contributed by atoms with Gasteiger partial charge in [-0.3, -0.25) is 4.79 Å². The molecule has 1 amide bonds. The van der Waals surface area contributed by atoms with Gasteiger partial charge < -0.3 is 15.5 Å². The molecule has 128 valence electrons. The van der Waals surface area contributed by atoms with Crippen LogP contribution in [0.1, 0.15) is 48.0 Å². The molecule has 0 fully saturated rings. The molecule has 2 rings (SSSR count). The Bertz CT molecular complexity index is 721. The van der Waals surface area contributed by atoms with Crippen LogP contribution in [0.5, 0.6) is 0 Å². The molecule has 0 saturated heterocycles. The van der Waals surface area contributed by atoms with Crippen molar-refractivity contribution in [3.8, 4) is 0 Å². The fourth-order valence-corrected chi connectivity index (χ4v) is 2.64. The number of carbonyl (C=O) groups is 1. The molecule has 0 radical (unpaired) electrons. The van der Waals surface area contributed by atoms with Gasteiger partial charge in [0.15, 0.2) is 5.76 Å². The van der Waals surface area contributed by atoms with Crippen LogP contribution in [0.2, 0.25) is 0 Å². The van der Waals surface area contributed by atoms with E-state index in [4.69, 9.17) is 10.2 Å². The summed E-state index contributed by atoms with van der Waals surface area (Å²) in [5.74, 6) is 0.413. The van der Waals surface area contributed by atoms with Crippen molar-refractivity contribution in [3.05, 3.63) is 34.6 Å². The molecule has 1 atom stereocenters. The standard InChI is InChI=1S/C18H26N2O2.ClH/c1-10(2)18(6,9-19)20-17(21)16-13(5)14-11(3)7-8-12(4)15(14)22-16;/h7-8,10H,9,19H2,1-6H3,(H,20,21);1H. The van der Waals surface area contributed by atoms with Crippen LogP contribution in [-0.2, 0) is 0 Å². The van der Waals surface area contributed by atoms with Gasteiger partial charge in [0.05, 0.1) is 5.54 Å². The van der Waals surface area contributed by atoms with E-state index in [1.807, 2.05) is 47.6 Å². The zero-order valence-corrected chi connectivity index (χ0v) is 15.6. The molecular formula is C18H27ClN2O2. The third-order valence-electron chi connectivity index (χ3n) is 4.79. The van der Waals surface area contributed by atoms with Crippen LogP contribution in [0, 0.1) is 26.7 Å². The Hall–Kier alpha value is -1.52. The first kappa shape index (κ1) is 19.5. The molecule has 0 saturated carbocycles. The van der Waals surface area contributed by atoms with Crippen molar-refractivity contribution in [1.29, 1.82) is 0 Å². The van der Waals surface area contributed by atoms with E-state index in [1.54, 1.807) is 0 Å². The van der Waals surface area contributed by atoms with E-state index >= 15 is 0 Å². The molecule has 0 spiro atoms. The highest BCUT2D eigenvalue weighted by Gasteiger charge is 2.31. The number of hydrogen-bond donors (Lipinski definition) is 2. The minimum atomic E-state index is -0.452. The third kappa shape index (κ3) is 3.38. The summed E-state index contributed by atoms with van der Waals surface area (Å²) in [6.45, 7) is 12.4. The fraction of sp³-hybridized carbons (Fsp3) is 0.500. The van der Waals surface area contributed by atoms with Crippen molar-refractivity contribution in [2.24, 2.45) is 11.7 Å². The third-order valence-corrected chi connectivity index (χ3v) is 4.79. The quantitative estimate of drug-likeness (QED) is 0.888. The SMILES string of the molecule is Cc1ccc(C)c2c(C)c(C(=O)NC(C)(CN)C(C)C)oc12.Cl. The highest BCUT2D eigenvalue weighted by atomic mass is 35.5. The number of halogens is 1. The first-order chi connectivity index (χ1) is 10.2. The van der Waals surface area contributed by atoms with Crippen LogP contribution in [0.15, 0.2) is 16.5 Å². The number of nitrogens with one attached hydrogen (secondary N) is 1. The number of carbonyl (C=O) groups excluding carboxylic acids is 1. The van der Waals surface area contributed by atoms with E-state index in [0.29, 0.717) is 12.3 Å². The first-order valence-electron chi connectivity index (χ1n) is 7.73. The second-order valence-corrected chi connectivity index (χ2v) is 6.69. The normalized spacial score (nSPS) is 13.7. The van der Waals surface area contributed by atoms with E-state index in [1.165, 1.54) is 0 Å². The summed E-state index contributed by atoms with van der Waals surface area (Å²) < 4.78 is 5.89. The Labute approximate surface area is 144 Å². The molecule has 1 aromatic heterocycles. The number of amides is 1. The summed E-state index contributed by atoms with van der Waals surface area (Å²) in [5.41, 5.74) is 9.23. The van der Waals surface area contributed by atoms with Crippen molar-refractivity contribution < 1.29 is 9.21 Å². The second kappa shape index (κ2) is 6.93. The molecule has 1 unspecified atom stereocenters. The van der Waals surface area contributed by atoms with Gasteiger partial charge in [0.2, 0.25) is 0 Å². The second-order valence-electron chi connectivity index (χ2n) is 6.69. The maximum Gasteiger partial charge on any atom is 0.287 e. The van der Waals surface area contributed by atoms with E-state index in [9.17, 15) is 4.79 Å². The van der Waals surface area contributed by atoms with Crippen LogP contribution >= 0.6 is 12.4 Å². The summed E-state index contributed by atoms with van der Waals surface area (Å²) in [5, 5.41) is 4.07. The molecule has 1 aromatic carbocycles. The minimum absolute atomic E-state index is 0. The van der Waals surface area contributed by atoms with Gasteiger partial charge in [-0.05, 0) is 44.7 Å². The van der Waals surface area contributed by atoms with Gasteiger partial charge in [0.25, 0.3) is 5.91 Å². The molecule has 3 N–H and O–H groups in total. The van der Waals surface area contributed by atoms with Gasteiger partial charge >= 0.3 is 0 Å². The van der Waals surface area contributed by atoms with E-state index in [0.717, 1.165) is 27.7 Å². The van der Waals surface area contributed by atoms with Crippen LogP contribution in [-0.4, -0.2) is 18.0 Å². The summed E-state index contributed by atoms with van der Waals surface area (Å²) in [6.07, 6.45) is 0. The minimum Gasteiger partial charge on any atom is -0.450 e. The average Bonchev–Trinajstić information content (AvgIpc) is 2.81. The highest BCUT2D eigenvalue weighted by molar-refractivity contribution is 6.00. The number of hydrogen-bond acceptors (Lipinski definition) is 3. The van der Waals surface area contributed by atoms with Gasteiger partial charge in [0, 0.05) is 17.5 Å². The molecule has 5 heteroatoms. The van der Waals surface area contributed by atoms with Gasteiger partial charge in [-0.15, -0.1) is 12.4 Å². The molecule has 23 heavy (non-hydrogen) atoms. The van der Waals surface area contributed by atoms with Crippen molar-refractivity contribution in [3.63, 3.8) is 0 Å². The Balaban J connectivity index is 0.00000264. The first-order valence-corrected chi connectivity index (χ1v) is 7.73. The maximum atomic E-state index is 12.7. The topological polar surface area (TPSA) is 68.3 Å². The lowest BCUT2D eigenvalue weighted by atomic mass is 9.88. The average molecular weight is 339 g/mol. The lowest BCUT2D eigenvalue weighted by Crippen LogP contribution is -2.55. The number of benzene rings is 1. The van der Waals surface area contributed by atoms with Crippen LogP contribution < -0.4 is 11.1 Å². The summed E-state index contributed by atoms with van der Waals surface area (Å²) >= 11 is 0. The van der Waals surface area contributed by atoms with Crippen LogP contribution in [0.25, 0.3) is 11.0 Å². The fourth-order valence-electron chi connectivity index (χ4n) is 2.64. The Morgan fingerprint density at radius 1 is 1.26 bits per heavy atom. The van der Waals surface area contributed by atoms with Gasteiger partial charge in [-0.2, -0.15) is 0 Å². The molecule has 0 aliphatic heterocycles. The van der Waals surface area contributed by atoms with Gasteiger partial charge in [-0.25, -0.2) is 0 Å². The molecule has 0 aliphatic carbocycles. The van der Waals surface area contributed by atoms with Crippen molar-refractivity contribution >= 4 is 29.3 Å². The summed E-state index contributed by atoms with van der Waals surface area (Å²) in [7, 11) is 0. The van der Waals surface area contributed by atoms with E-state index in [2.05, 4.69) is 11.4 Å². The summed E-state index contributed by atoms with van der Waals surface area (Å²) in [4.78, 5) is 12.7. The molecule has 1 heterocycles. The highest BCUT2D eigenvalue weighted by Crippen LogP contribution is 2.31. The molecule has 0 aliphatic rings. The number of rotatable bonds is 4. The van der Waals surface area contributed by atoms with Crippen LogP contribution in [0.4, 0.5) is 0 Å². The lowest BCUT2D eigenvalue weighted by molar-refractivity contribution is 0.0856. The molecule has 2 aromatic rings. The van der Waals surface area contributed by atoms with E-state index < -0.39 is 5.54 Å². The zero-order valence-electron chi connectivity index (χ0n) is 14.7. The molecule has 0 bridgehead atoms. The molecular weight excluding hydrogens is 312 g/mol. The monoisotopic (exact) mass is 338 g/mol.